The summed E-state index contributed by atoms with van der Waals surface area (Å²) in [6, 6.07) is -0.225. The van der Waals surface area contributed by atoms with Gasteiger partial charge >= 0.3 is 0 Å². The van der Waals surface area contributed by atoms with Gasteiger partial charge in [0.05, 0.1) is 6.20 Å². The van der Waals surface area contributed by atoms with Crippen molar-refractivity contribution < 1.29 is 4.79 Å². The number of hydrogen-bond acceptors (Lipinski definition) is 3. The molecule has 1 aromatic heterocycles. The van der Waals surface area contributed by atoms with Crippen molar-refractivity contribution in [2.45, 2.75) is 12.5 Å². The maximum Gasteiger partial charge on any atom is 0.243 e. The van der Waals surface area contributed by atoms with E-state index in [4.69, 9.17) is 0 Å². The molecular formula is C10H18Cl2N4O. The number of hydrogen-bond donors (Lipinski definition) is 1. The summed E-state index contributed by atoms with van der Waals surface area (Å²) in [5.41, 5.74) is 2.18. The van der Waals surface area contributed by atoms with E-state index in [0.29, 0.717) is 0 Å². The number of carbonyl (C=O) groups is 1. The lowest BCUT2D eigenvalue weighted by molar-refractivity contribution is -0.131. The number of amides is 1. The zero-order chi connectivity index (χ0) is 11.0. The van der Waals surface area contributed by atoms with E-state index in [1.807, 2.05) is 11.7 Å². The molecule has 1 N–H and O–H groups in total. The summed E-state index contributed by atoms with van der Waals surface area (Å²) >= 11 is 0. The SMILES string of the molecule is CN(C)C(=O)C1NCCc2c1cnn2C.Cl.Cl. The number of nitrogens with zero attached hydrogens (tertiary/aromatic N) is 3. The quantitative estimate of drug-likeness (QED) is 0.817. The maximum atomic E-state index is 11.9. The van der Waals surface area contributed by atoms with E-state index >= 15 is 0 Å². The number of fused-ring (bicyclic) bond motifs is 1. The van der Waals surface area contributed by atoms with E-state index < -0.39 is 0 Å². The van der Waals surface area contributed by atoms with Crippen molar-refractivity contribution in [3.05, 3.63) is 17.5 Å². The molecule has 0 saturated carbocycles. The van der Waals surface area contributed by atoms with Crippen LogP contribution >= 0.6 is 24.8 Å². The molecule has 1 atom stereocenters. The molecule has 2 heterocycles. The maximum absolute atomic E-state index is 11.9. The molecule has 0 fully saturated rings. The number of halogens is 2. The Morgan fingerprint density at radius 1 is 1.53 bits per heavy atom. The van der Waals surface area contributed by atoms with Crippen LogP contribution in [0.15, 0.2) is 6.20 Å². The summed E-state index contributed by atoms with van der Waals surface area (Å²) in [5.74, 6) is 0.0870. The summed E-state index contributed by atoms with van der Waals surface area (Å²) < 4.78 is 1.85. The molecule has 1 amide bonds. The van der Waals surface area contributed by atoms with Gasteiger partial charge in [-0.15, -0.1) is 24.8 Å². The van der Waals surface area contributed by atoms with Crippen molar-refractivity contribution in [1.82, 2.24) is 20.0 Å². The Balaban J connectivity index is 0.00000128. The fourth-order valence-corrected chi connectivity index (χ4v) is 1.95. The zero-order valence-corrected chi connectivity index (χ0v) is 11.8. The monoisotopic (exact) mass is 280 g/mol. The van der Waals surface area contributed by atoms with Crippen LogP contribution in [0.1, 0.15) is 17.3 Å². The molecule has 0 spiro atoms. The molecule has 0 aromatic carbocycles. The van der Waals surface area contributed by atoms with Crippen molar-refractivity contribution in [1.29, 1.82) is 0 Å². The Kier molecular flexibility index (Phi) is 5.95. The van der Waals surface area contributed by atoms with Gasteiger partial charge in [0.1, 0.15) is 6.04 Å². The first-order valence-corrected chi connectivity index (χ1v) is 5.06. The fraction of sp³-hybridized carbons (Fsp3) is 0.600. The molecule has 2 rings (SSSR count). The molecule has 98 valence electrons. The third-order valence-corrected chi connectivity index (χ3v) is 2.80. The van der Waals surface area contributed by atoms with E-state index in [1.165, 1.54) is 0 Å². The van der Waals surface area contributed by atoms with Gasteiger partial charge < -0.3 is 10.2 Å². The highest BCUT2D eigenvalue weighted by Crippen LogP contribution is 2.23. The molecule has 0 aliphatic carbocycles. The second-order valence-corrected chi connectivity index (χ2v) is 4.04. The second-order valence-electron chi connectivity index (χ2n) is 4.04. The van der Waals surface area contributed by atoms with Crippen LogP contribution in [0.3, 0.4) is 0 Å². The first-order chi connectivity index (χ1) is 7.11. The van der Waals surface area contributed by atoms with E-state index in [1.54, 1.807) is 25.2 Å². The molecule has 0 radical (unpaired) electrons. The predicted molar refractivity (Wildman–Crippen MR) is 70.8 cm³/mol. The van der Waals surface area contributed by atoms with Gasteiger partial charge in [0.25, 0.3) is 0 Å². The average molecular weight is 281 g/mol. The van der Waals surface area contributed by atoms with Crippen molar-refractivity contribution in [2.24, 2.45) is 7.05 Å². The third-order valence-electron chi connectivity index (χ3n) is 2.80. The molecular weight excluding hydrogens is 263 g/mol. The lowest BCUT2D eigenvalue weighted by Crippen LogP contribution is -2.40. The molecule has 5 nitrogen and oxygen atoms in total. The van der Waals surface area contributed by atoms with Gasteiger partial charge in [-0.05, 0) is 0 Å². The Labute approximate surface area is 113 Å². The van der Waals surface area contributed by atoms with Crippen LogP contribution < -0.4 is 5.32 Å². The van der Waals surface area contributed by atoms with Crippen LogP contribution in [-0.4, -0.2) is 41.2 Å². The van der Waals surface area contributed by atoms with Crippen molar-refractivity contribution in [2.75, 3.05) is 20.6 Å². The molecule has 1 aliphatic rings. The average Bonchev–Trinajstić information content (AvgIpc) is 2.59. The Bertz CT molecular complexity index is 392. The zero-order valence-electron chi connectivity index (χ0n) is 10.1. The minimum Gasteiger partial charge on any atom is -0.347 e. The van der Waals surface area contributed by atoms with Crippen LogP contribution in [0, 0.1) is 0 Å². The van der Waals surface area contributed by atoms with Crippen LogP contribution in [0.5, 0.6) is 0 Å². The highest BCUT2D eigenvalue weighted by molar-refractivity contribution is 5.85. The minimum atomic E-state index is -0.225. The van der Waals surface area contributed by atoms with Gasteiger partial charge in [0, 0.05) is 45.4 Å². The molecule has 0 saturated heterocycles. The van der Waals surface area contributed by atoms with Gasteiger partial charge in [0.15, 0.2) is 0 Å². The topological polar surface area (TPSA) is 50.2 Å². The Morgan fingerprint density at radius 2 is 2.18 bits per heavy atom. The number of aryl methyl sites for hydroxylation is 1. The summed E-state index contributed by atoms with van der Waals surface area (Å²) in [6.07, 6.45) is 2.72. The molecule has 0 bridgehead atoms. The van der Waals surface area contributed by atoms with Crippen molar-refractivity contribution in [3.8, 4) is 0 Å². The standard InChI is InChI=1S/C10H16N4O.2ClH/c1-13(2)10(15)9-7-6-12-14(3)8(7)4-5-11-9;;/h6,9,11H,4-5H2,1-3H3;2*1H. The Hall–Kier alpha value is -0.780. The number of likely N-dealkylation sites (N-methyl/N-ethyl adjacent to an activating group) is 1. The molecule has 17 heavy (non-hydrogen) atoms. The predicted octanol–water partition coefficient (Wildman–Crippen LogP) is 0.539. The summed E-state index contributed by atoms with van der Waals surface area (Å²) in [5, 5.41) is 7.42. The van der Waals surface area contributed by atoms with Crippen molar-refractivity contribution in [3.63, 3.8) is 0 Å². The van der Waals surface area contributed by atoms with Gasteiger partial charge in [-0.25, -0.2) is 0 Å². The third kappa shape index (κ3) is 2.91. The smallest absolute Gasteiger partial charge is 0.243 e. The second kappa shape index (κ2) is 6.23. The highest BCUT2D eigenvalue weighted by atomic mass is 35.5. The summed E-state index contributed by atoms with van der Waals surface area (Å²) in [4.78, 5) is 13.5. The fourth-order valence-electron chi connectivity index (χ4n) is 1.95. The van der Waals surface area contributed by atoms with Crippen LogP contribution in [0.25, 0.3) is 0 Å². The number of nitrogens with one attached hydrogen (secondary N) is 1. The number of rotatable bonds is 1. The van der Waals surface area contributed by atoms with Gasteiger partial charge in [-0.3, -0.25) is 9.48 Å². The molecule has 1 aliphatic heterocycles. The first-order valence-electron chi connectivity index (χ1n) is 5.06. The number of aromatic nitrogens is 2. The lowest BCUT2D eigenvalue weighted by atomic mass is 10.0. The minimum absolute atomic E-state index is 0. The normalized spacial score (nSPS) is 17.5. The van der Waals surface area contributed by atoms with Crippen LogP contribution in [0.4, 0.5) is 0 Å². The Morgan fingerprint density at radius 3 is 2.76 bits per heavy atom. The lowest BCUT2D eigenvalue weighted by Gasteiger charge is -2.25. The molecule has 1 aromatic rings. The summed E-state index contributed by atoms with van der Waals surface area (Å²) in [7, 11) is 5.46. The summed E-state index contributed by atoms with van der Waals surface area (Å²) in [6.45, 7) is 0.830. The highest BCUT2D eigenvalue weighted by Gasteiger charge is 2.29. The van der Waals surface area contributed by atoms with E-state index in [0.717, 1.165) is 24.2 Å². The largest absolute Gasteiger partial charge is 0.347 e. The van der Waals surface area contributed by atoms with Crippen molar-refractivity contribution >= 4 is 30.7 Å². The van der Waals surface area contributed by atoms with Crippen LogP contribution in [-0.2, 0) is 18.3 Å². The van der Waals surface area contributed by atoms with Gasteiger partial charge in [-0.1, -0.05) is 0 Å². The van der Waals surface area contributed by atoms with E-state index in [-0.39, 0.29) is 36.8 Å². The number of carbonyl (C=O) groups excluding carboxylic acids is 1. The van der Waals surface area contributed by atoms with Gasteiger partial charge in [-0.2, -0.15) is 5.10 Å². The van der Waals surface area contributed by atoms with E-state index in [9.17, 15) is 4.79 Å². The molecule has 1 unspecified atom stereocenters. The van der Waals surface area contributed by atoms with Crippen LogP contribution in [0.2, 0.25) is 0 Å². The first kappa shape index (κ1) is 16.2. The van der Waals surface area contributed by atoms with E-state index in [2.05, 4.69) is 10.4 Å². The molecule has 7 heteroatoms. The van der Waals surface area contributed by atoms with Gasteiger partial charge in [0.2, 0.25) is 5.91 Å².